The summed E-state index contributed by atoms with van der Waals surface area (Å²) in [7, 11) is 3.35. The van der Waals surface area contributed by atoms with E-state index in [4.69, 9.17) is 14.2 Å². The summed E-state index contributed by atoms with van der Waals surface area (Å²) >= 11 is 0. The predicted molar refractivity (Wildman–Crippen MR) is 92.9 cm³/mol. The van der Waals surface area contributed by atoms with Crippen molar-refractivity contribution in [3.8, 4) is 0 Å². The fraction of sp³-hybridized carbons (Fsp3) is 0.941. The van der Waals surface area contributed by atoms with Gasteiger partial charge in [0.15, 0.2) is 0 Å². The van der Waals surface area contributed by atoms with Gasteiger partial charge in [-0.1, -0.05) is 0 Å². The summed E-state index contributed by atoms with van der Waals surface area (Å²) in [5, 5.41) is 3.43. The number of carbonyl (C=O) groups excluding carboxylic acids is 1. The molecular formula is C17H36N2O4. The molecule has 0 aromatic rings. The molecule has 0 saturated carbocycles. The average molecular weight is 332 g/mol. The van der Waals surface area contributed by atoms with Crippen molar-refractivity contribution in [1.82, 2.24) is 10.2 Å². The highest BCUT2D eigenvalue weighted by molar-refractivity contribution is 5.68. The second-order valence-corrected chi connectivity index (χ2v) is 7.48. The first-order valence-corrected chi connectivity index (χ1v) is 8.26. The fourth-order valence-corrected chi connectivity index (χ4v) is 2.16. The van der Waals surface area contributed by atoms with Gasteiger partial charge < -0.3 is 24.4 Å². The fourth-order valence-electron chi connectivity index (χ4n) is 2.16. The Kier molecular flexibility index (Phi) is 9.73. The first-order valence-electron chi connectivity index (χ1n) is 8.26. The summed E-state index contributed by atoms with van der Waals surface area (Å²) in [5.41, 5.74) is -0.654. The second kappa shape index (κ2) is 10.1. The molecule has 1 amide bonds. The van der Waals surface area contributed by atoms with Gasteiger partial charge in [0, 0.05) is 39.9 Å². The average Bonchev–Trinajstić information content (AvgIpc) is 2.40. The highest BCUT2D eigenvalue weighted by atomic mass is 16.6. The maximum Gasteiger partial charge on any atom is 0.410 e. The smallest absolute Gasteiger partial charge is 0.410 e. The predicted octanol–water partition coefficient (Wildman–Crippen LogP) is 2.66. The molecule has 0 aromatic heterocycles. The zero-order chi connectivity index (χ0) is 18.1. The van der Waals surface area contributed by atoms with Crippen LogP contribution in [0.4, 0.5) is 4.79 Å². The van der Waals surface area contributed by atoms with E-state index in [1.807, 2.05) is 20.8 Å². The maximum absolute atomic E-state index is 12.2. The molecule has 138 valence electrons. The van der Waals surface area contributed by atoms with Gasteiger partial charge in [-0.05, 0) is 48.0 Å². The minimum Gasteiger partial charge on any atom is -0.444 e. The second-order valence-electron chi connectivity index (χ2n) is 7.48. The number of nitrogens with one attached hydrogen (secondary N) is 1. The molecule has 0 bridgehead atoms. The molecule has 0 aliphatic carbocycles. The van der Waals surface area contributed by atoms with E-state index in [1.165, 1.54) is 0 Å². The van der Waals surface area contributed by atoms with Gasteiger partial charge in [0.05, 0.1) is 12.2 Å². The number of carbonyl (C=O) groups is 1. The van der Waals surface area contributed by atoms with Crippen molar-refractivity contribution >= 4 is 6.09 Å². The number of methoxy groups -OCH3 is 2. The van der Waals surface area contributed by atoms with Crippen LogP contribution in [-0.4, -0.2) is 68.7 Å². The van der Waals surface area contributed by atoms with E-state index in [-0.39, 0.29) is 11.7 Å². The monoisotopic (exact) mass is 332 g/mol. The van der Waals surface area contributed by atoms with Crippen LogP contribution >= 0.6 is 0 Å². The molecule has 1 atom stereocenters. The number of hydrogen-bond acceptors (Lipinski definition) is 5. The van der Waals surface area contributed by atoms with Crippen LogP contribution < -0.4 is 5.32 Å². The Labute approximate surface area is 141 Å². The zero-order valence-corrected chi connectivity index (χ0v) is 16.2. The van der Waals surface area contributed by atoms with E-state index in [9.17, 15) is 4.79 Å². The number of nitrogens with zero attached hydrogens (tertiary/aromatic N) is 1. The Bertz CT molecular complexity index is 340. The van der Waals surface area contributed by atoms with Crippen LogP contribution in [0.25, 0.3) is 0 Å². The van der Waals surface area contributed by atoms with Gasteiger partial charge in [-0.15, -0.1) is 0 Å². The summed E-state index contributed by atoms with van der Waals surface area (Å²) in [6.45, 7) is 14.1. The molecule has 1 N–H and O–H groups in total. The van der Waals surface area contributed by atoms with Crippen molar-refractivity contribution in [1.29, 1.82) is 0 Å². The molecule has 0 saturated heterocycles. The lowest BCUT2D eigenvalue weighted by atomic mass is 10.00. The van der Waals surface area contributed by atoms with Crippen LogP contribution in [0.5, 0.6) is 0 Å². The molecule has 0 radical (unpaired) electrons. The van der Waals surface area contributed by atoms with E-state index in [2.05, 4.69) is 26.1 Å². The lowest BCUT2D eigenvalue weighted by Gasteiger charge is -2.29. The quantitative estimate of drug-likeness (QED) is 0.666. The Balaban J connectivity index is 4.37. The third kappa shape index (κ3) is 11.3. The topological polar surface area (TPSA) is 60.0 Å². The van der Waals surface area contributed by atoms with Crippen LogP contribution in [0, 0.1) is 0 Å². The van der Waals surface area contributed by atoms with Crippen LogP contribution in [-0.2, 0) is 14.2 Å². The largest absolute Gasteiger partial charge is 0.444 e. The number of hydrogen-bond donors (Lipinski definition) is 1. The molecular weight excluding hydrogens is 296 g/mol. The Morgan fingerprint density at radius 3 is 2.22 bits per heavy atom. The Morgan fingerprint density at radius 2 is 1.74 bits per heavy atom. The van der Waals surface area contributed by atoms with Crippen LogP contribution in [0.2, 0.25) is 0 Å². The van der Waals surface area contributed by atoms with Gasteiger partial charge in [-0.25, -0.2) is 4.79 Å². The minimum atomic E-state index is -0.494. The van der Waals surface area contributed by atoms with Gasteiger partial charge in [0.2, 0.25) is 0 Å². The van der Waals surface area contributed by atoms with Gasteiger partial charge in [-0.2, -0.15) is 0 Å². The summed E-state index contributed by atoms with van der Waals surface area (Å²) in [5.74, 6) is 0. The van der Waals surface area contributed by atoms with Crippen molar-refractivity contribution in [2.45, 2.75) is 65.2 Å². The van der Waals surface area contributed by atoms with Crippen LogP contribution in [0.1, 0.15) is 48.0 Å². The standard InChI is InChI=1S/C17H36N2O4/c1-14(13-17(5,6)22-8)18-9-10-19(11-12-21-7)15(20)23-16(2,3)4/h14,18H,9-13H2,1-8H3. The summed E-state index contributed by atoms with van der Waals surface area (Å²) < 4.78 is 16.0. The maximum atomic E-state index is 12.2. The molecule has 0 rings (SSSR count). The van der Waals surface area contributed by atoms with Crippen molar-refractivity contribution in [3.63, 3.8) is 0 Å². The molecule has 1 unspecified atom stereocenters. The van der Waals surface area contributed by atoms with Gasteiger partial charge >= 0.3 is 6.09 Å². The van der Waals surface area contributed by atoms with Crippen molar-refractivity contribution in [3.05, 3.63) is 0 Å². The van der Waals surface area contributed by atoms with E-state index in [1.54, 1.807) is 19.1 Å². The van der Waals surface area contributed by atoms with Crippen molar-refractivity contribution in [2.75, 3.05) is 40.5 Å². The zero-order valence-electron chi connectivity index (χ0n) is 16.2. The van der Waals surface area contributed by atoms with Gasteiger partial charge in [0.1, 0.15) is 5.60 Å². The minimum absolute atomic E-state index is 0.159. The first kappa shape index (κ1) is 22.1. The van der Waals surface area contributed by atoms with E-state index in [0.717, 1.165) is 6.42 Å². The molecule has 23 heavy (non-hydrogen) atoms. The summed E-state index contributed by atoms with van der Waals surface area (Å²) in [4.78, 5) is 13.9. The lowest BCUT2D eigenvalue weighted by Crippen LogP contribution is -2.44. The Morgan fingerprint density at radius 1 is 1.13 bits per heavy atom. The molecule has 6 heteroatoms. The van der Waals surface area contributed by atoms with Crippen LogP contribution in [0.15, 0.2) is 0 Å². The molecule has 0 aromatic carbocycles. The molecule has 0 fully saturated rings. The normalized spacial score (nSPS) is 13.7. The third-order valence-electron chi connectivity index (χ3n) is 3.44. The first-order chi connectivity index (χ1) is 10.5. The van der Waals surface area contributed by atoms with E-state index >= 15 is 0 Å². The molecule has 0 aliphatic heterocycles. The van der Waals surface area contributed by atoms with Gasteiger partial charge in [-0.3, -0.25) is 0 Å². The van der Waals surface area contributed by atoms with E-state index in [0.29, 0.717) is 32.3 Å². The number of rotatable bonds is 10. The summed E-state index contributed by atoms with van der Waals surface area (Å²) in [6.07, 6.45) is 0.592. The van der Waals surface area contributed by atoms with Gasteiger partial charge in [0.25, 0.3) is 0 Å². The number of amides is 1. The summed E-state index contributed by atoms with van der Waals surface area (Å²) in [6, 6.07) is 0.299. The molecule has 0 spiro atoms. The van der Waals surface area contributed by atoms with Crippen LogP contribution in [0.3, 0.4) is 0 Å². The van der Waals surface area contributed by atoms with Crippen molar-refractivity contribution in [2.24, 2.45) is 0 Å². The molecule has 0 heterocycles. The van der Waals surface area contributed by atoms with Crippen molar-refractivity contribution < 1.29 is 19.0 Å². The third-order valence-corrected chi connectivity index (χ3v) is 3.44. The number of ether oxygens (including phenoxy) is 3. The molecule has 0 aliphatic rings. The van der Waals surface area contributed by atoms with E-state index < -0.39 is 5.60 Å². The molecule has 6 nitrogen and oxygen atoms in total. The highest BCUT2D eigenvalue weighted by Gasteiger charge is 2.23. The lowest BCUT2D eigenvalue weighted by molar-refractivity contribution is 0.00731. The Hall–Kier alpha value is -0.850. The SMILES string of the molecule is COCCN(CCNC(C)CC(C)(C)OC)C(=O)OC(C)(C)C. The highest BCUT2D eigenvalue weighted by Crippen LogP contribution is 2.15.